The number of morpholine rings is 1. The minimum atomic E-state index is -0.477. The minimum Gasteiger partial charge on any atom is -0.374 e. The Bertz CT molecular complexity index is 411. The van der Waals surface area contributed by atoms with Crippen LogP contribution in [0.25, 0.3) is 0 Å². The molecule has 1 heterocycles. The Morgan fingerprint density at radius 3 is 2.90 bits per heavy atom. The van der Waals surface area contributed by atoms with E-state index in [4.69, 9.17) is 10.5 Å². The van der Waals surface area contributed by atoms with Crippen LogP contribution in [0, 0.1) is 5.92 Å². The molecular formula is C15H25N3O3. The molecule has 6 heteroatoms. The summed E-state index contributed by atoms with van der Waals surface area (Å²) in [7, 11) is 2.03. The zero-order valence-corrected chi connectivity index (χ0v) is 12.7. The van der Waals surface area contributed by atoms with E-state index < -0.39 is 5.91 Å². The zero-order chi connectivity index (χ0) is 15.2. The maximum atomic E-state index is 12.4. The molecule has 0 radical (unpaired) electrons. The molecule has 6 nitrogen and oxygen atoms in total. The lowest BCUT2D eigenvalue weighted by molar-refractivity contribution is -0.138. The number of allylic oxidation sites excluding steroid dienone is 2. The third kappa shape index (κ3) is 5.13. The number of nitrogens with zero attached hydrogens (tertiary/aromatic N) is 2. The zero-order valence-electron chi connectivity index (χ0n) is 12.7. The highest BCUT2D eigenvalue weighted by Crippen LogP contribution is 2.21. The number of likely N-dealkylation sites (N-methyl/N-ethyl adjacent to an activating group) is 1. The highest BCUT2D eigenvalue weighted by atomic mass is 16.5. The Balaban J connectivity index is 1.90. The molecule has 2 atom stereocenters. The monoisotopic (exact) mass is 295 g/mol. The summed E-state index contributed by atoms with van der Waals surface area (Å²) in [5.74, 6) is -0.195. The Labute approximate surface area is 125 Å². The van der Waals surface area contributed by atoms with Gasteiger partial charge < -0.3 is 20.3 Å². The van der Waals surface area contributed by atoms with E-state index in [0.717, 1.165) is 25.9 Å². The average molecular weight is 295 g/mol. The largest absolute Gasteiger partial charge is 0.374 e. The third-order valence-corrected chi connectivity index (χ3v) is 4.01. The highest BCUT2D eigenvalue weighted by molar-refractivity contribution is 5.84. The molecular weight excluding hydrogens is 270 g/mol. The van der Waals surface area contributed by atoms with Crippen LogP contribution < -0.4 is 5.73 Å². The molecule has 2 amide bonds. The first-order valence-electron chi connectivity index (χ1n) is 7.57. The van der Waals surface area contributed by atoms with Gasteiger partial charge in [0.05, 0.1) is 19.3 Å². The summed E-state index contributed by atoms with van der Waals surface area (Å²) >= 11 is 0. The van der Waals surface area contributed by atoms with E-state index in [1.165, 1.54) is 0 Å². The summed E-state index contributed by atoms with van der Waals surface area (Å²) in [6, 6.07) is 0. The Morgan fingerprint density at radius 2 is 2.29 bits per heavy atom. The van der Waals surface area contributed by atoms with Crippen molar-refractivity contribution in [3.05, 3.63) is 12.2 Å². The minimum absolute atomic E-state index is 0.0119. The van der Waals surface area contributed by atoms with E-state index in [0.29, 0.717) is 25.5 Å². The smallest absolute Gasteiger partial charge is 0.237 e. The van der Waals surface area contributed by atoms with Crippen molar-refractivity contribution in [3.63, 3.8) is 0 Å². The molecule has 0 aromatic heterocycles. The number of primary amides is 1. The summed E-state index contributed by atoms with van der Waals surface area (Å²) in [6.45, 7) is 2.73. The maximum Gasteiger partial charge on any atom is 0.237 e. The van der Waals surface area contributed by atoms with Gasteiger partial charge in [0.25, 0.3) is 0 Å². The first kappa shape index (κ1) is 16.0. The van der Waals surface area contributed by atoms with Crippen molar-refractivity contribution < 1.29 is 14.3 Å². The quantitative estimate of drug-likeness (QED) is 0.699. The average Bonchev–Trinajstić information content (AvgIpc) is 2.90. The van der Waals surface area contributed by atoms with Crippen LogP contribution in [0.1, 0.15) is 19.3 Å². The standard InChI is InChI=1S/C15H25N3O3/c1-17-6-7-21-13(9-17)10-18(11-14(16)19)15(20)8-12-4-2-3-5-12/h2,4,12-13H,3,5-11H2,1H3,(H2,16,19)/t12-,13-/m1/s1. The lowest BCUT2D eigenvalue weighted by atomic mass is 10.0. The van der Waals surface area contributed by atoms with Gasteiger partial charge in [0.15, 0.2) is 0 Å². The van der Waals surface area contributed by atoms with E-state index in [2.05, 4.69) is 17.1 Å². The Kier molecular flexibility index (Phi) is 5.76. The van der Waals surface area contributed by atoms with Gasteiger partial charge in [-0.3, -0.25) is 9.59 Å². The van der Waals surface area contributed by atoms with Gasteiger partial charge in [0, 0.05) is 26.1 Å². The van der Waals surface area contributed by atoms with E-state index in [9.17, 15) is 9.59 Å². The molecule has 0 saturated carbocycles. The van der Waals surface area contributed by atoms with Crippen LogP contribution in [0.2, 0.25) is 0 Å². The van der Waals surface area contributed by atoms with Gasteiger partial charge in [0.2, 0.25) is 11.8 Å². The third-order valence-electron chi connectivity index (χ3n) is 4.01. The molecule has 1 aliphatic carbocycles. The van der Waals surface area contributed by atoms with Gasteiger partial charge in [0.1, 0.15) is 0 Å². The number of rotatable bonds is 6. The summed E-state index contributed by atoms with van der Waals surface area (Å²) in [6.07, 6.45) is 6.64. The SMILES string of the molecule is CN1CCO[C@@H](CN(CC(N)=O)C(=O)C[C@@H]2C=CCC2)C1. The molecule has 0 aromatic carbocycles. The number of amides is 2. The second-order valence-corrected chi connectivity index (χ2v) is 5.97. The fourth-order valence-electron chi connectivity index (χ4n) is 2.88. The van der Waals surface area contributed by atoms with Crippen molar-refractivity contribution in [2.24, 2.45) is 11.7 Å². The van der Waals surface area contributed by atoms with Crippen LogP contribution in [0.3, 0.4) is 0 Å². The van der Waals surface area contributed by atoms with Gasteiger partial charge >= 0.3 is 0 Å². The summed E-state index contributed by atoms with van der Waals surface area (Å²) < 4.78 is 5.68. The first-order chi connectivity index (χ1) is 10.0. The molecule has 2 rings (SSSR count). The van der Waals surface area contributed by atoms with Crippen molar-refractivity contribution >= 4 is 11.8 Å². The van der Waals surface area contributed by atoms with Crippen molar-refractivity contribution in [1.29, 1.82) is 0 Å². The first-order valence-corrected chi connectivity index (χ1v) is 7.57. The summed E-state index contributed by atoms with van der Waals surface area (Å²) in [5, 5.41) is 0. The fourth-order valence-corrected chi connectivity index (χ4v) is 2.88. The van der Waals surface area contributed by atoms with Crippen LogP contribution in [-0.2, 0) is 14.3 Å². The van der Waals surface area contributed by atoms with E-state index in [1.54, 1.807) is 4.90 Å². The molecule has 0 spiro atoms. The van der Waals surface area contributed by atoms with E-state index in [-0.39, 0.29) is 18.6 Å². The van der Waals surface area contributed by atoms with Crippen molar-refractivity contribution in [2.45, 2.75) is 25.4 Å². The lowest BCUT2D eigenvalue weighted by Crippen LogP contribution is -2.49. The van der Waals surface area contributed by atoms with Crippen LogP contribution in [0.5, 0.6) is 0 Å². The molecule has 0 unspecified atom stereocenters. The molecule has 2 aliphatic rings. The number of carbonyl (C=O) groups is 2. The lowest BCUT2D eigenvalue weighted by Gasteiger charge is -2.33. The van der Waals surface area contributed by atoms with Crippen LogP contribution in [0.15, 0.2) is 12.2 Å². The summed E-state index contributed by atoms with van der Waals surface area (Å²) in [5.41, 5.74) is 5.27. The van der Waals surface area contributed by atoms with E-state index >= 15 is 0 Å². The number of hydrogen-bond acceptors (Lipinski definition) is 4. The predicted octanol–water partition coefficient (Wildman–Crippen LogP) is -0.0128. The normalized spacial score (nSPS) is 26.0. The van der Waals surface area contributed by atoms with Gasteiger partial charge in [-0.05, 0) is 25.8 Å². The second kappa shape index (κ2) is 7.56. The number of carbonyl (C=O) groups excluding carboxylic acids is 2. The maximum absolute atomic E-state index is 12.4. The number of ether oxygens (including phenoxy) is 1. The van der Waals surface area contributed by atoms with Gasteiger partial charge in [-0.2, -0.15) is 0 Å². The van der Waals surface area contributed by atoms with Crippen molar-refractivity contribution in [1.82, 2.24) is 9.80 Å². The van der Waals surface area contributed by atoms with Crippen LogP contribution >= 0.6 is 0 Å². The van der Waals surface area contributed by atoms with Crippen LogP contribution in [-0.4, -0.2) is 67.6 Å². The second-order valence-electron chi connectivity index (χ2n) is 5.97. The van der Waals surface area contributed by atoms with Crippen LogP contribution in [0.4, 0.5) is 0 Å². The molecule has 118 valence electrons. The molecule has 1 saturated heterocycles. The molecule has 0 bridgehead atoms. The highest BCUT2D eigenvalue weighted by Gasteiger charge is 2.26. The fraction of sp³-hybridized carbons (Fsp3) is 0.733. The molecule has 2 N–H and O–H groups in total. The van der Waals surface area contributed by atoms with Crippen molar-refractivity contribution in [2.75, 3.05) is 39.8 Å². The van der Waals surface area contributed by atoms with Gasteiger partial charge in [-0.25, -0.2) is 0 Å². The number of hydrogen-bond donors (Lipinski definition) is 1. The summed E-state index contributed by atoms with van der Waals surface area (Å²) in [4.78, 5) is 27.3. The molecule has 1 aliphatic heterocycles. The number of nitrogens with two attached hydrogens (primary N) is 1. The van der Waals surface area contributed by atoms with Gasteiger partial charge in [-0.1, -0.05) is 12.2 Å². The molecule has 0 aromatic rings. The van der Waals surface area contributed by atoms with Crippen molar-refractivity contribution in [3.8, 4) is 0 Å². The molecule has 21 heavy (non-hydrogen) atoms. The van der Waals surface area contributed by atoms with E-state index in [1.807, 2.05) is 7.05 Å². The van der Waals surface area contributed by atoms with Gasteiger partial charge in [-0.15, -0.1) is 0 Å². The topological polar surface area (TPSA) is 75.9 Å². The molecule has 1 fully saturated rings. The Hall–Kier alpha value is -1.40. The predicted molar refractivity (Wildman–Crippen MR) is 79.5 cm³/mol. The Morgan fingerprint density at radius 1 is 1.48 bits per heavy atom.